The second kappa shape index (κ2) is 6.57. The van der Waals surface area contributed by atoms with Gasteiger partial charge in [0.1, 0.15) is 0 Å². The molecule has 1 aliphatic rings. The summed E-state index contributed by atoms with van der Waals surface area (Å²) < 4.78 is 0. The lowest BCUT2D eigenvalue weighted by Crippen LogP contribution is -2.43. The van der Waals surface area contributed by atoms with Gasteiger partial charge in [-0.05, 0) is 30.4 Å². The number of nitrogens with zero attached hydrogens (tertiary/aromatic N) is 1. The summed E-state index contributed by atoms with van der Waals surface area (Å²) in [6, 6.07) is 8.07. The highest BCUT2D eigenvalue weighted by molar-refractivity contribution is 5.74. The van der Waals surface area contributed by atoms with Crippen molar-refractivity contribution < 1.29 is 9.90 Å². The number of aliphatic hydroxyl groups excluding tert-OH is 1. The van der Waals surface area contributed by atoms with Crippen molar-refractivity contribution >= 4 is 6.03 Å². The fourth-order valence-corrected chi connectivity index (χ4v) is 2.64. The van der Waals surface area contributed by atoms with Gasteiger partial charge in [-0.3, -0.25) is 0 Å². The van der Waals surface area contributed by atoms with E-state index in [0.29, 0.717) is 6.54 Å². The van der Waals surface area contributed by atoms with Crippen LogP contribution in [0.15, 0.2) is 24.3 Å². The van der Waals surface area contributed by atoms with Gasteiger partial charge < -0.3 is 15.3 Å². The van der Waals surface area contributed by atoms with Gasteiger partial charge in [0.05, 0.1) is 12.6 Å². The van der Waals surface area contributed by atoms with E-state index in [9.17, 15) is 9.90 Å². The molecule has 1 aliphatic heterocycles. The first kappa shape index (κ1) is 13.9. The van der Waals surface area contributed by atoms with Crippen molar-refractivity contribution in [1.82, 2.24) is 10.2 Å². The van der Waals surface area contributed by atoms with E-state index in [0.717, 1.165) is 31.4 Å². The van der Waals surface area contributed by atoms with Crippen LogP contribution in [-0.2, 0) is 13.0 Å². The van der Waals surface area contributed by atoms with Crippen LogP contribution in [0.1, 0.15) is 30.9 Å². The average molecular weight is 262 g/mol. The minimum Gasteiger partial charge on any atom is -0.394 e. The second-order valence-corrected chi connectivity index (χ2v) is 4.95. The van der Waals surface area contributed by atoms with E-state index in [2.05, 4.69) is 18.3 Å². The van der Waals surface area contributed by atoms with E-state index in [4.69, 9.17) is 0 Å². The summed E-state index contributed by atoms with van der Waals surface area (Å²) in [6.07, 6.45) is 2.84. The van der Waals surface area contributed by atoms with Crippen LogP contribution in [0.5, 0.6) is 0 Å². The number of amides is 2. The van der Waals surface area contributed by atoms with Crippen LogP contribution < -0.4 is 5.32 Å². The molecule has 1 aromatic rings. The Morgan fingerprint density at radius 1 is 1.42 bits per heavy atom. The molecule has 1 saturated heterocycles. The third kappa shape index (κ3) is 3.26. The molecule has 0 aliphatic carbocycles. The molecule has 2 amide bonds. The van der Waals surface area contributed by atoms with E-state index in [1.54, 1.807) is 4.90 Å². The van der Waals surface area contributed by atoms with E-state index in [1.807, 2.05) is 18.2 Å². The summed E-state index contributed by atoms with van der Waals surface area (Å²) in [5, 5.41) is 12.2. The van der Waals surface area contributed by atoms with E-state index < -0.39 is 0 Å². The molecule has 0 radical (unpaired) electrons. The highest BCUT2D eigenvalue weighted by Crippen LogP contribution is 2.17. The maximum Gasteiger partial charge on any atom is 0.317 e. The number of hydrogen-bond donors (Lipinski definition) is 2. The topological polar surface area (TPSA) is 52.6 Å². The summed E-state index contributed by atoms with van der Waals surface area (Å²) >= 11 is 0. The SMILES string of the molecule is CCc1ccccc1CNC(=O)N1CCCC1CO. The lowest BCUT2D eigenvalue weighted by Gasteiger charge is -2.23. The van der Waals surface area contributed by atoms with Gasteiger partial charge in [-0.1, -0.05) is 31.2 Å². The quantitative estimate of drug-likeness (QED) is 0.871. The average Bonchev–Trinajstić information content (AvgIpc) is 2.93. The Bertz CT molecular complexity index is 434. The Kier molecular flexibility index (Phi) is 4.80. The number of rotatable bonds is 4. The largest absolute Gasteiger partial charge is 0.394 e. The first-order valence-electron chi connectivity index (χ1n) is 6.98. The van der Waals surface area contributed by atoms with Crippen LogP contribution in [0, 0.1) is 0 Å². The Balaban J connectivity index is 1.93. The Hall–Kier alpha value is -1.55. The first-order valence-corrected chi connectivity index (χ1v) is 6.98. The van der Waals surface area contributed by atoms with Crippen molar-refractivity contribution in [3.8, 4) is 0 Å². The number of aliphatic hydroxyl groups is 1. The molecular weight excluding hydrogens is 240 g/mol. The molecule has 19 heavy (non-hydrogen) atoms. The summed E-state index contributed by atoms with van der Waals surface area (Å²) in [4.78, 5) is 13.8. The fraction of sp³-hybridized carbons (Fsp3) is 0.533. The fourth-order valence-electron chi connectivity index (χ4n) is 2.64. The number of carbonyl (C=O) groups excluding carboxylic acids is 1. The number of carbonyl (C=O) groups is 1. The van der Waals surface area contributed by atoms with Crippen LogP contribution in [0.2, 0.25) is 0 Å². The number of nitrogens with one attached hydrogen (secondary N) is 1. The summed E-state index contributed by atoms with van der Waals surface area (Å²) in [6.45, 7) is 3.46. The molecule has 4 nitrogen and oxygen atoms in total. The van der Waals surface area contributed by atoms with E-state index in [1.165, 1.54) is 5.56 Å². The number of urea groups is 1. The predicted molar refractivity (Wildman–Crippen MR) is 74.9 cm³/mol. The molecule has 1 atom stereocenters. The molecule has 0 saturated carbocycles. The van der Waals surface area contributed by atoms with Crippen molar-refractivity contribution in [2.24, 2.45) is 0 Å². The smallest absolute Gasteiger partial charge is 0.317 e. The number of hydrogen-bond acceptors (Lipinski definition) is 2. The minimum absolute atomic E-state index is 0.0126. The third-order valence-corrected chi connectivity index (χ3v) is 3.78. The molecule has 1 heterocycles. The third-order valence-electron chi connectivity index (χ3n) is 3.78. The minimum atomic E-state index is -0.0672. The zero-order chi connectivity index (χ0) is 13.7. The molecule has 1 fully saturated rings. The number of likely N-dealkylation sites (tertiary alicyclic amines) is 1. The van der Waals surface area contributed by atoms with Crippen molar-refractivity contribution in [2.45, 2.75) is 38.8 Å². The molecule has 4 heteroatoms. The van der Waals surface area contributed by atoms with E-state index in [-0.39, 0.29) is 18.7 Å². The second-order valence-electron chi connectivity index (χ2n) is 4.95. The normalized spacial score (nSPS) is 18.6. The van der Waals surface area contributed by atoms with Gasteiger partial charge >= 0.3 is 6.03 Å². The summed E-state index contributed by atoms with van der Waals surface area (Å²) in [5.74, 6) is 0. The Morgan fingerprint density at radius 3 is 2.84 bits per heavy atom. The van der Waals surface area contributed by atoms with Gasteiger partial charge in [-0.2, -0.15) is 0 Å². The lowest BCUT2D eigenvalue weighted by molar-refractivity contribution is 0.157. The molecule has 104 valence electrons. The van der Waals surface area contributed by atoms with Crippen molar-refractivity contribution in [3.05, 3.63) is 35.4 Å². The maximum atomic E-state index is 12.1. The van der Waals surface area contributed by atoms with Gasteiger partial charge in [0, 0.05) is 13.1 Å². The van der Waals surface area contributed by atoms with E-state index >= 15 is 0 Å². The van der Waals surface area contributed by atoms with Crippen molar-refractivity contribution in [2.75, 3.05) is 13.2 Å². The monoisotopic (exact) mass is 262 g/mol. The van der Waals surface area contributed by atoms with Crippen LogP contribution in [-0.4, -0.2) is 35.2 Å². The molecular formula is C15H22N2O2. The van der Waals surface area contributed by atoms with Crippen molar-refractivity contribution in [1.29, 1.82) is 0 Å². The molecule has 1 unspecified atom stereocenters. The Morgan fingerprint density at radius 2 is 2.16 bits per heavy atom. The highest BCUT2D eigenvalue weighted by Gasteiger charge is 2.27. The summed E-state index contributed by atoms with van der Waals surface area (Å²) in [7, 11) is 0. The summed E-state index contributed by atoms with van der Waals surface area (Å²) in [5.41, 5.74) is 2.43. The molecule has 0 spiro atoms. The van der Waals surface area contributed by atoms with Crippen LogP contribution in [0.3, 0.4) is 0 Å². The van der Waals surface area contributed by atoms with Crippen molar-refractivity contribution in [3.63, 3.8) is 0 Å². The van der Waals surface area contributed by atoms with Gasteiger partial charge in [0.15, 0.2) is 0 Å². The van der Waals surface area contributed by atoms with Crippen LogP contribution >= 0.6 is 0 Å². The zero-order valence-electron chi connectivity index (χ0n) is 11.4. The van der Waals surface area contributed by atoms with Crippen LogP contribution in [0.25, 0.3) is 0 Å². The maximum absolute atomic E-state index is 12.1. The molecule has 0 aromatic heterocycles. The standard InChI is InChI=1S/C15H22N2O2/c1-2-12-6-3-4-7-13(12)10-16-15(19)17-9-5-8-14(17)11-18/h3-4,6-7,14,18H,2,5,8-11H2,1H3,(H,16,19). The lowest BCUT2D eigenvalue weighted by atomic mass is 10.1. The predicted octanol–water partition coefficient (Wildman–Crippen LogP) is 1.92. The van der Waals surface area contributed by atoms with Gasteiger partial charge in [-0.15, -0.1) is 0 Å². The number of benzene rings is 1. The van der Waals surface area contributed by atoms with Gasteiger partial charge in [0.25, 0.3) is 0 Å². The molecule has 2 N–H and O–H groups in total. The van der Waals surface area contributed by atoms with Crippen LogP contribution in [0.4, 0.5) is 4.79 Å². The zero-order valence-corrected chi connectivity index (χ0v) is 11.4. The first-order chi connectivity index (χ1) is 9.26. The molecule has 0 bridgehead atoms. The Labute approximate surface area is 114 Å². The number of aryl methyl sites for hydroxylation is 1. The van der Waals surface area contributed by atoms with Gasteiger partial charge in [-0.25, -0.2) is 4.79 Å². The molecule has 1 aromatic carbocycles. The highest BCUT2D eigenvalue weighted by atomic mass is 16.3. The van der Waals surface area contributed by atoms with Gasteiger partial charge in [0.2, 0.25) is 0 Å². The molecule has 2 rings (SSSR count).